The fourth-order valence-corrected chi connectivity index (χ4v) is 1.54. The van der Waals surface area contributed by atoms with Gasteiger partial charge < -0.3 is 10.1 Å². The van der Waals surface area contributed by atoms with Crippen LogP contribution in [-0.4, -0.2) is 36.9 Å². The molecule has 1 aromatic rings. The number of alkyl halides is 6. The molecule has 4 nitrogen and oxygen atoms in total. The molecule has 10 heteroatoms. The van der Waals surface area contributed by atoms with Crippen LogP contribution in [-0.2, 0) is 20.7 Å². The van der Waals surface area contributed by atoms with Gasteiger partial charge in [-0.05, 0) is 5.56 Å². The van der Waals surface area contributed by atoms with Crippen molar-refractivity contribution in [3.63, 3.8) is 0 Å². The van der Waals surface area contributed by atoms with Crippen molar-refractivity contribution in [1.29, 1.82) is 0 Å². The molecule has 0 bridgehead atoms. The van der Waals surface area contributed by atoms with E-state index in [0.29, 0.717) is 5.56 Å². The zero-order chi connectivity index (χ0) is 17.7. The van der Waals surface area contributed by atoms with E-state index in [2.05, 4.69) is 4.74 Å². The third-order valence-electron chi connectivity index (χ3n) is 2.51. The van der Waals surface area contributed by atoms with Gasteiger partial charge in [0.05, 0.1) is 0 Å². The first-order valence-electron chi connectivity index (χ1n) is 6.14. The molecule has 0 aliphatic carbocycles. The smallest absolute Gasteiger partial charge is 0.454 e. The van der Waals surface area contributed by atoms with E-state index < -0.39 is 43.3 Å². The molecule has 0 aromatic heterocycles. The summed E-state index contributed by atoms with van der Waals surface area (Å²) >= 11 is 0. The molecule has 0 aliphatic heterocycles. The molecule has 0 heterocycles. The maximum atomic E-state index is 12.2. The van der Waals surface area contributed by atoms with E-state index in [1.54, 1.807) is 6.07 Å². The first kappa shape index (κ1) is 18.8. The van der Waals surface area contributed by atoms with Crippen LogP contribution in [0.2, 0.25) is 0 Å². The van der Waals surface area contributed by atoms with Gasteiger partial charge in [0, 0.05) is 6.42 Å². The molecule has 0 aliphatic rings. The Bertz CT molecular complexity index is 541. The Balaban J connectivity index is 2.83. The summed E-state index contributed by atoms with van der Waals surface area (Å²) in [6.45, 7) is -1.96. The zero-order valence-corrected chi connectivity index (χ0v) is 11.4. The fourth-order valence-electron chi connectivity index (χ4n) is 1.54. The van der Waals surface area contributed by atoms with E-state index >= 15 is 0 Å². The number of hydrogen-bond acceptors (Lipinski definition) is 3. The molecule has 0 fully saturated rings. The summed E-state index contributed by atoms with van der Waals surface area (Å²) in [7, 11) is 0. The number of hydrogen-bond donors (Lipinski definition) is 1. The second-order valence-corrected chi connectivity index (χ2v) is 4.44. The number of ether oxygens (including phenoxy) is 1. The van der Waals surface area contributed by atoms with Crippen molar-refractivity contribution in [2.24, 2.45) is 0 Å². The second-order valence-electron chi connectivity index (χ2n) is 4.44. The number of rotatable bonds is 5. The van der Waals surface area contributed by atoms with Gasteiger partial charge in [-0.2, -0.15) is 26.3 Å². The third kappa shape index (κ3) is 7.02. The SMILES string of the molecule is O=C(OCC(F)(F)F)[C@H](Cc1ccccc1)NC(=O)C(F)(F)F. The summed E-state index contributed by atoms with van der Waals surface area (Å²) in [5, 5.41) is 1.34. The number of carbonyl (C=O) groups excluding carboxylic acids is 2. The summed E-state index contributed by atoms with van der Waals surface area (Å²) in [6, 6.07) is 5.59. The van der Waals surface area contributed by atoms with Crippen LogP contribution in [0, 0.1) is 0 Å². The highest BCUT2D eigenvalue weighted by Crippen LogP contribution is 2.17. The quantitative estimate of drug-likeness (QED) is 0.660. The lowest BCUT2D eigenvalue weighted by atomic mass is 10.1. The lowest BCUT2D eigenvalue weighted by Gasteiger charge is -2.19. The number of amides is 1. The Morgan fingerprint density at radius 2 is 1.61 bits per heavy atom. The van der Waals surface area contributed by atoms with Crippen LogP contribution < -0.4 is 5.32 Å². The molecule has 1 rings (SSSR count). The lowest BCUT2D eigenvalue weighted by Crippen LogP contribution is -2.49. The van der Waals surface area contributed by atoms with Crippen LogP contribution >= 0.6 is 0 Å². The maximum absolute atomic E-state index is 12.2. The van der Waals surface area contributed by atoms with Crippen molar-refractivity contribution in [3.8, 4) is 0 Å². The summed E-state index contributed by atoms with van der Waals surface area (Å²) in [4.78, 5) is 22.5. The lowest BCUT2D eigenvalue weighted by molar-refractivity contribution is -0.189. The Morgan fingerprint density at radius 3 is 2.09 bits per heavy atom. The molecular weight excluding hydrogens is 332 g/mol. The van der Waals surface area contributed by atoms with Gasteiger partial charge in [0.25, 0.3) is 0 Å². The van der Waals surface area contributed by atoms with Gasteiger partial charge in [0.2, 0.25) is 0 Å². The van der Waals surface area contributed by atoms with Gasteiger partial charge in [0.15, 0.2) is 6.61 Å². The van der Waals surface area contributed by atoms with Crippen molar-refractivity contribution >= 4 is 11.9 Å². The van der Waals surface area contributed by atoms with E-state index in [4.69, 9.17) is 0 Å². The number of nitrogens with one attached hydrogen (secondary N) is 1. The minimum absolute atomic E-state index is 0.337. The highest BCUT2D eigenvalue weighted by Gasteiger charge is 2.41. The van der Waals surface area contributed by atoms with Gasteiger partial charge in [0.1, 0.15) is 6.04 Å². The largest absolute Gasteiger partial charge is 0.471 e. The summed E-state index contributed by atoms with van der Waals surface area (Å²) in [5.74, 6) is -4.05. The van der Waals surface area contributed by atoms with Gasteiger partial charge in [-0.25, -0.2) is 4.79 Å². The van der Waals surface area contributed by atoms with E-state index in [0.717, 1.165) is 0 Å². The first-order chi connectivity index (χ1) is 10.5. The first-order valence-corrected chi connectivity index (χ1v) is 6.14. The van der Waals surface area contributed by atoms with E-state index in [-0.39, 0.29) is 0 Å². The number of halogens is 6. The standard InChI is InChI=1S/C13H11F6NO3/c14-12(15,16)7-23-10(21)9(20-11(22)13(17,18)19)6-8-4-2-1-3-5-8/h1-5,9H,6-7H2,(H,20,22)/t9-/m0/s1. The van der Waals surface area contributed by atoms with E-state index in [9.17, 15) is 35.9 Å². The average molecular weight is 343 g/mol. The Kier molecular flexibility index (Phi) is 5.99. The van der Waals surface area contributed by atoms with E-state index in [1.165, 1.54) is 29.6 Å². The third-order valence-corrected chi connectivity index (χ3v) is 2.51. The van der Waals surface area contributed by atoms with Crippen molar-refractivity contribution in [3.05, 3.63) is 35.9 Å². The van der Waals surface area contributed by atoms with Gasteiger partial charge in [-0.3, -0.25) is 4.79 Å². The predicted molar refractivity (Wildman–Crippen MR) is 65.1 cm³/mol. The number of benzene rings is 1. The molecule has 1 atom stereocenters. The van der Waals surface area contributed by atoms with Crippen molar-refractivity contribution in [2.75, 3.05) is 6.61 Å². The Labute approximate surface area is 126 Å². The van der Waals surface area contributed by atoms with Crippen LogP contribution in [0.4, 0.5) is 26.3 Å². The van der Waals surface area contributed by atoms with Gasteiger partial charge in [-0.15, -0.1) is 0 Å². The molecule has 1 amide bonds. The highest BCUT2D eigenvalue weighted by molar-refractivity contribution is 5.87. The maximum Gasteiger partial charge on any atom is 0.471 e. The zero-order valence-electron chi connectivity index (χ0n) is 11.4. The molecule has 0 saturated heterocycles. The fraction of sp³-hybridized carbons (Fsp3) is 0.385. The molecular formula is C13H11F6NO3. The Morgan fingerprint density at radius 1 is 1.04 bits per heavy atom. The van der Waals surface area contributed by atoms with Crippen molar-refractivity contribution in [2.45, 2.75) is 24.8 Å². The molecule has 0 unspecified atom stereocenters. The molecule has 1 N–H and O–H groups in total. The highest BCUT2D eigenvalue weighted by atomic mass is 19.4. The number of esters is 1. The molecule has 128 valence electrons. The van der Waals surface area contributed by atoms with Crippen molar-refractivity contribution in [1.82, 2.24) is 5.32 Å². The molecule has 0 spiro atoms. The molecule has 1 aromatic carbocycles. The second kappa shape index (κ2) is 7.34. The topological polar surface area (TPSA) is 55.4 Å². The normalized spacial score (nSPS) is 13.3. The monoisotopic (exact) mass is 343 g/mol. The van der Waals surface area contributed by atoms with Crippen LogP contribution in [0.1, 0.15) is 5.56 Å². The van der Waals surface area contributed by atoms with E-state index in [1.807, 2.05) is 0 Å². The average Bonchev–Trinajstić information content (AvgIpc) is 2.43. The van der Waals surface area contributed by atoms with Crippen LogP contribution in [0.25, 0.3) is 0 Å². The van der Waals surface area contributed by atoms with Crippen molar-refractivity contribution < 1.29 is 40.7 Å². The van der Waals surface area contributed by atoms with Crippen LogP contribution in [0.3, 0.4) is 0 Å². The predicted octanol–water partition coefficient (Wildman–Crippen LogP) is 2.38. The molecule has 23 heavy (non-hydrogen) atoms. The van der Waals surface area contributed by atoms with Crippen LogP contribution in [0.5, 0.6) is 0 Å². The minimum atomic E-state index is -5.28. The summed E-state index contributed by atoms with van der Waals surface area (Å²) in [5.41, 5.74) is 0.337. The van der Waals surface area contributed by atoms with Crippen LogP contribution in [0.15, 0.2) is 30.3 Å². The molecule has 0 saturated carbocycles. The summed E-state index contributed by atoms with van der Waals surface area (Å²) < 4.78 is 76.7. The Hall–Kier alpha value is -2.26. The summed E-state index contributed by atoms with van der Waals surface area (Å²) in [6.07, 6.45) is -10.6. The van der Waals surface area contributed by atoms with Gasteiger partial charge in [-0.1, -0.05) is 30.3 Å². The number of carbonyl (C=O) groups is 2. The molecule has 0 radical (unpaired) electrons. The minimum Gasteiger partial charge on any atom is -0.454 e. The van der Waals surface area contributed by atoms with Gasteiger partial charge >= 0.3 is 24.2 Å².